The third-order valence-electron chi connectivity index (χ3n) is 3.59. The number of alkyl halides is 1. The third-order valence-corrected chi connectivity index (χ3v) is 6.49. The summed E-state index contributed by atoms with van der Waals surface area (Å²) in [6, 6.07) is 0. The van der Waals surface area contributed by atoms with Crippen LogP contribution in [0.25, 0.3) is 0 Å². The van der Waals surface area contributed by atoms with Gasteiger partial charge < -0.3 is 10.0 Å². The topological polar surface area (TPSA) is 57.6 Å². The first-order chi connectivity index (χ1) is 7.79. The number of fused-ring (bicyclic) bond motifs is 1. The fourth-order valence-electron chi connectivity index (χ4n) is 2.64. The van der Waals surface area contributed by atoms with Crippen molar-refractivity contribution in [1.29, 1.82) is 0 Å². The lowest BCUT2D eigenvalue weighted by molar-refractivity contribution is -0.167. The number of amides is 1. The van der Waals surface area contributed by atoms with Gasteiger partial charge in [-0.3, -0.25) is 4.79 Å². The van der Waals surface area contributed by atoms with Gasteiger partial charge in [0.15, 0.2) is 5.54 Å². The molecule has 0 bridgehead atoms. The molecule has 94 valence electrons. The van der Waals surface area contributed by atoms with Crippen LogP contribution in [-0.4, -0.2) is 42.4 Å². The number of halogens is 1. The van der Waals surface area contributed by atoms with Gasteiger partial charge in [-0.2, -0.15) is 0 Å². The van der Waals surface area contributed by atoms with E-state index < -0.39 is 16.3 Å². The van der Waals surface area contributed by atoms with Crippen molar-refractivity contribution in [1.82, 2.24) is 4.90 Å². The summed E-state index contributed by atoms with van der Waals surface area (Å²) < 4.78 is -0.532. The lowest BCUT2D eigenvalue weighted by atomic mass is 9.79. The van der Waals surface area contributed by atoms with E-state index in [9.17, 15) is 14.7 Å². The molecule has 2 fully saturated rings. The molecule has 6 heteroatoms. The molecule has 2 heterocycles. The molecule has 0 aromatic carbocycles. The molecular formula is C11H14BrNO3S. The van der Waals surface area contributed by atoms with E-state index in [1.807, 2.05) is 13.8 Å². The largest absolute Gasteiger partial charge is 0.479 e. The number of aliphatic carboxylic acids is 1. The zero-order chi connectivity index (χ0) is 13.0. The first-order valence-electron chi connectivity index (χ1n) is 5.29. The van der Waals surface area contributed by atoms with Crippen molar-refractivity contribution in [3.63, 3.8) is 0 Å². The summed E-state index contributed by atoms with van der Waals surface area (Å²) in [6.45, 7) is 7.37. The van der Waals surface area contributed by atoms with Crippen molar-refractivity contribution in [2.24, 2.45) is 0 Å². The second-order valence-electron chi connectivity index (χ2n) is 4.79. The number of carbonyl (C=O) groups excluding carboxylic acids is 1. The van der Waals surface area contributed by atoms with E-state index >= 15 is 0 Å². The van der Waals surface area contributed by atoms with Gasteiger partial charge in [0.2, 0.25) is 5.91 Å². The monoisotopic (exact) mass is 319 g/mol. The van der Waals surface area contributed by atoms with Crippen molar-refractivity contribution in [2.45, 2.75) is 40.8 Å². The third kappa shape index (κ3) is 1.37. The van der Waals surface area contributed by atoms with Gasteiger partial charge in [0.1, 0.15) is 10.2 Å². The second-order valence-corrected chi connectivity index (χ2v) is 7.51. The molecule has 2 aliphatic rings. The van der Waals surface area contributed by atoms with E-state index in [0.29, 0.717) is 0 Å². The van der Waals surface area contributed by atoms with Gasteiger partial charge in [0.05, 0.1) is 0 Å². The van der Waals surface area contributed by atoms with Gasteiger partial charge in [-0.25, -0.2) is 4.79 Å². The summed E-state index contributed by atoms with van der Waals surface area (Å²) in [5, 5.41) is 9.50. The summed E-state index contributed by atoms with van der Waals surface area (Å²) in [5.74, 6) is -1.09. The van der Waals surface area contributed by atoms with Crippen molar-refractivity contribution < 1.29 is 14.7 Å². The molecule has 4 nitrogen and oxygen atoms in total. The van der Waals surface area contributed by atoms with E-state index in [-0.39, 0.29) is 22.5 Å². The average molecular weight is 320 g/mol. The fraction of sp³-hybridized carbons (Fsp3) is 0.636. The average Bonchev–Trinajstić information content (AvgIpc) is 2.46. The Labute approximate surface area is 113 Å². The number of hydrogen-bond donors (Lipinski definition) is 1. The number of carboxylic acids is 1. The van der Waals surface area contributed by atoms with Gasteiger partial charge >= 0.3 is 5.97 Å². The highest BCUT2D eigenvalue weighted by Gasteiger charge is 2.71. The van der Waals surface area contributed by atoms with Crippen LogP contribution in [0.3, 0.4) is 0 Å². The zero-order valence-corrected chi connectivity index (χ0v) is 12.0. The molecule has 2 saturated heterocycles. The van der Waals surface area contributed by atoms with Crippen LogP contribution in [0, 0.1) is 0 Å². The molecule has 0 unspecified atom stereocenters. The molecule has 0 aromatic rings. The molecule has 0 aliphatic carbocycles. The SMILES string of the molecule is C=CC[C@@]1(C(=O)O)N2C(=O)[C@H](Br)[C@H]2SC1(C)C. The molecule has 0 radical (unpaired) electrons. The first kappa shape index (κ1) is 13.0. The zero-order valence-electron chi connectivity index (χ0n) is 9.64. The van der Waals surface area contributed by atoms with Crippen LogP contribution in [-0.2, 0) is 9.59 Å². The second kappa shape index (κ2) is 3.75. The lowest BCUT2D eigenvalue weighted by Gasteiger charge is -2.48. The molecule has 2 aliphatic heterocycles. The van der Waals surface area contributed by atoms with Crippen LogP contribution >= 0.6 is 27.7 Å². The van der Waals surface area contributed by atoms with Gasteiger partial charge in [0, 0.05) is 11.2 Å². The van der Waals surface area contributed by atoms with Crippen LogP contribution in [0.5, 0.6) is 0 Å². The molecule has 2 rings (SSSR count). The number of carbonyl (C=O) groups is 2. The van der Waals surface area contributed by atoms with Crippen molar-refractivity contribution in [3.8, 4) is 0 Å². The van der Waals surface area contributed by atoms with Gasteiger partial charge in [-0.1, -0.05) is 22.0 Å². The lowest BCUT2D eigenvalue weighted by Crippen LogP contribution is -2.70. The normalized spacial score (nSPS) is 38.5. The molecule has 0 aromatic heterocycles. The molecule has 1 amide bonds. The minimum absolute atomic E-state index is 0.0893. The molecule has 17 heavy (non-hydrogen) atoms. The van der Waals surface area contributed by atoms with Crippen LogP contribution in [0.2, 0.25) is 0 Å². The highest BCUT2D eigenvalue weighted by Crippen LogP contribution is 2.59. The van der Waals surface area contributed by atoms with Gasteiger partial charge in [0.25, 0.3) is 0 Å². The minimum Gasteiger partial charge on any atom is -0.479 e. The predicted octanol–water partition coefficient (Wildman–Crippen LogP) is 1.84. The summed E-state index contributed by atoms with van der Waals surface area (Å²) in [4.78, 5) is 24.8. The number of β-lactam (4-membered cyclic amide) rings is 1. The van der Waals surface area contributed by atoms with Crippen molar-refractivity contribution in [2.75, 3.05) is 0 Å². The van der Waals surface area contributed by atoms with Crippen molar-refractivity contribution in [3.05, 3.63) is 12.7 Å². The maximum absolute atomic E-state index is 11.9. The molecule has 0 saturated carbocycles. The van der Waals surface area contributed by atoms with Crippen LogP contribution in [0.4, 0.5) is 0 Å². The van der Waals surface area contributed by atoms with E-state index in [4.69, 9.17) is 0 Å². The Morgan fingerprint density at radius 1 is 1.71 bits per heavy atom. The Balaban J connectivity index is 2.51. The Morgan fingerprint density at radius 3 is 2.76 bits per heavy atom. The maximum Gasteiger partial charge on any atom is 0.331 e. The molecule has 1 N–H and O–H groups in total. The van der Waals surface area contributed by atoms with Gasteiger partial charge in [-0.15, -0.1) is 18.3 Å². The number of thioether (sulfide) groups is 1. The summed E-state index contributed by atoms with van der Waals surface area (Å²) in [5.41, 5.74) is -1.18. The number of nitrogens with zero attached hydrogens (tertiary/aromatic N) is 1. The molecule has 0 spiro atoms. The highest BCUT2D eigenvalue weighted by molar-refractivity contribution is 9.10. The van der Waals surface area contributed by atoms with E-state index in [0.717, 1.165) is 0 Å². The summed E-state index contributed by atoms with van der Waals surface area (Å²) >= 11 is 4.84. The van der Waals surface area contributed by atoms with Crippen LogP contribution < -0.4 is 0 Å². The maximum atomic E-state index is 11.9. The van der Waals surface area contributed by atoms with Crippen LogP contribution in [0.1, 0.15) is 20.3 Å². The van der Waals surface area contributed by atoms with Gasteiger partial charge in [-0.05, 0) is 13.8 Å². The first-order valence-corrected chi connectivity index (χ1v) is 7.08. The minimum atomic E-state index is -1.18. The summed E-state index contributed by atoms with van der Waals surface area (Å²) in [6.07, 6.45) is 1.85. The van der Waals surface area contributed by atoms with Crippen LogP contribution in [0.15, 0.2) is 12.7 Å². The van der Waals surface area contributed by atoms with Crippen molar-refractivity contribution >= 4 is 39.6 Å². The van der Waals surface area contributed by atoms with E-state index in [2.05, 4.69) is 22.5 Å². The Bertz CT molecular complexity index is 412. The number of carboxylic acid groups (broad SMARTS) is 1. The molecular weight excluding hydrogens is 306 g/mol. The van der Waals surface area contributed by atoms with E-state index in [1.54, 1.807) is 6.08 Å². The Hall–Kier alpha value is -0.490. The smallest absolute Gasteiger partial charge is 0.331 e. The van der Waals surface area contributed by atoms with E-state index in [1.165, 1.54) is 16.7 Å². The highest BCUT2D eigenvalue weighted by atomic mass is 79.9. The number of hydrogen-bond acceptors (Lipinski definition) is 3. The predicted molar refractivity (Wildman–Crippen MR) is 70.2 cm³/mol. The standard InChI is InChI=1S/C11H14BrNO3S/c1-4-5-11(9(15)16)10(2,3)17-8-6(12)7(14)13(8)11/h4,6,8H,1,5H2,2-3H3,(H,15,16)/t6-,8+,11-/m0/s1. The summed E-state index contributed by atoms with van der Waals surface area (Å²) in [7, 11) is 0. The fourth-order valence-corrected chi connectivity index (χ4v) is 5.11. The number of rotatable bonds is 3. The Kier molecular flexibility index (Phi) is 2.86. The molecule has 3 atom stereocenters. The quantitative estimate of drug-likeness (QED) is 0.490. The Morgan fingerprint density at radius 2 is 2.29 bits per heavy atom.